The Kier molecular flexibility index (Phi) is 2.92. The number of ether oxygens (including phenoxy) is 3. The maximum absolute atomic E-state index is 9.10. The summed E-state index contributed by atoms with van der Waals surface area (Å²) in [6.45, 7) is 0. The molecule has 1 aromatic rings. The molecule has 0 atom stereocenters. The second-order valence-electron chi connectivity index (χ2n) is 3.60. The summed E-state index contributed by atoms with van der Waals surface area (Å²) in [6.07, 6.45) is 2.55. The first-order valence-corrected chi connectivity index (χ1v) is 5.19. The highest BCUT2D eigenvalue weighted by atomic mass is 16.5. The maximum atomic E-state index is 9.10. The molecule has 0 fully saturated rings. The van der Waals surface area contributed by atoms with Crippen molar-refractivity contribution in [2.24, 2.45) is 0 Å². The maximum Gasteiger partial charge on any atom is 0.169 e. The molecule has 2 rings (SSSR count). The average molecular weight is 231 g/mol. The normalized spacial score (nSPS) is 12.5. The van der Waals surface area contributed by atoms with Gasteiger partial charge in [0.15, 0.2) is 11.5 Å². The van der Waals surface area contributed by atoms with Gasteiger partial charge in [-0.3, -0.25) is 0 Å². The van der Waals surface area contributed by atoms with E-state index in [0.29, 0.717) is 23.5 Å². The lowest BCUT2D eigenvalue weighted by atomic mass is 10.0. The fraction of sp³-hybridized carbons (Fsp3) is 0.308. The van der Waals surface area contributed by atoms with Crippen LogP contribution >= 0.6 is 0 Å². The van der Waals surface area contributed by atoms with Crippen LogP contribution in [0.4, 0.5) is 0 Å². The summed E-state index contributed by atoms with van der Waals surface area (Å²) in [4.78, 5) is 0. The number of allylic oxidation sites excluding steroid dienone is 2. The summed E-state index contributed by atoms with van der Waals surface area (Å²) in [5.74, 6) is 1.89. The molecule has 0 bridgehead atoms. The van der Waals surface area contributed by atoms with Crippen molar-refractivity contribution in [1.82, 2.24) is 0 Å². The summed E-state index contributed by atoms with van der Waals surface area (Å²) in [6, 6.07) is 3.95. The number of nitriles is 1. The highest BCUT2D eigenvalue weighted by Gasteiger charge is 2.26. The number of hydrogen-bond acceptors (Lipinski definition) is 4. The van der Waals surface area contributed by atoms with E-state index in [0.717, 1.165) is 16.9 Å². The minimum Gasteiger partial charge on any atom is -0.496 e. The van der Waals surface area contributed by atoms with E-state index >= 15 is 0 Å². The number of methoxy groups -OCH3 is 3. The van der Waals surface area contributed by atoms with Crippen LogP contribution in [-0.2, 0) is 6.42 Å². The topological polar surface area (TPSA) is 51.5 Å². The molecule has 0 amide bonds. The van der Waals surface area contributed by atoms with Gasteiger partial charge >= 0.3 is 0 Å². The van der Waals surface area contributed by atoms with Gasteiger partial charge in [-0.05, 0) is 6.42 Å². The molecule has 0 unspecified atom stereocenters. The first-order valence-electron chi connectivity index (χ1n) is 5.19. The van der Waals surface area contributed by atoms with Crippen molar-refractivity contribution in [1.29, 1.82) is 5.26 Å². The fourth-order valence-corrected chi connectivity index (χ4v) is 2.09. The lowest BCUT2D eigenvalue weighted by Crippen LogP contribution is -1.99. The van der Waals surface area contributed by atoms with Crippen LogP contribution in [0.25, 0.3) is 5.57 Å². The molecule has 0 heterocycles. The molecule has 17 heavy (non-hydrogen) atoms. The first-order chi connectivity index (χ1) is 8.26. The summed E-state index contributed by atoms with van der Waals surface area (Å²) in [5, 5.41) is 9.10. The average Bonchev–Trinajstić information content (AvgIpc) is 2.80. The molecular weight excluding hydrogens is 218 g/mol. The van der Waals surface area contributed by atoms with E-state index in [-0.39, 0.29) is 0 Å². The van der Waals surface area contributed by atoms with E-state index in [9.17, 15) is 0 Å². The Morgan fingerprint density at radius 1 is 1.12 bits per heavy atom. The number of fused-ring (bicyclic) bond motifs is 1. The molecule has 1 aromatic carbocycles. The van der Waals surface area contributed by atoms with E-state index in [1.807, 2.05) is 6.08 Å². The van der Waals surface area contributed by atoms with Crippen LogP contribution in [0.15, 0.2) is 12.1 Å². The van der Waals surface area contributed by atoms with Crippen LogP contribution in [0.1, 0.15) is 11.1 Å². The molecule has 0 radical (unpaired) electrons. The molecule has 4 nitrogen and oxygen atoms in total. The van der Waals surface area contributed by atoms with Crippen molar-refractivity contribution in [3.05, 3.63) is 23.3 Å². The van der Waals surface area contributed by atoms with Crippen molar-refractivity contribution in [2.45, 2.75) is 6.42 Å². The second-order valence-corrected chi connectivity index (χ2v) is 3.60. The summed E-state index contributed by atoms with van der Waals surface area (Å²) < 4.78 is 15.9. The SMILES string of the molecule is COc1cc(OC)c(OC)c2c1CC=C2C#N. The first kappa shape index (κ1) is 11.3. The van der Waals surface area contributed by atoms with Crippen LogP contribution < -0.4 is 14.2 Å². The van der Waals surface area contributed by atoms with Crippen molar-refractivity contribution in [3.8, 4) is 23.3 Å². The van der Waals surface area contributed by atoms with Crippen LogP contribution in [0, 0.1) is 11.3 Å². The Balaban J connectivity index is 2.73. The van der Waals surface area contributed by atoms with Gasteiger partial charge in [0.2, 0.25) is 0 Å². The molecule has 88 valence electrons. The van der Waals surface area contributed by atoms with Gasteiger partial charge in [-0.1, -0.05) is 6.08 Å². The zero-order valence-electron chi connectivity index (χ0n) is 10.0. The third-order valence-electron chi connectivity index (χ3n) is 2.86. The van der Waals surface area contributed by atoms with Crippen molar-refractivity contribution in [3.63, 3.8) is 0 Å². The van der Waals surface area contributed by atoms with Gasteiger partial charge in [-0.25, -0.2) is 0 Å². The zero-order valence-corrected chi connectivity index (χ0v) is 10.0. The molecule has 0 saturated carbocycles. The summed E-state index contributed by atoms with van der Waals surface area (Å²) in [7, 11) is 4.73. The van der Waals surface area contributed by atoms with Gasteiger partial charge in [0, 0.05) is 17.2 Å². The van der Waals surface area contributed by atoms with Gasteiger partial charge in [-0.15, -0.1) is 0 Å². The number of rotatable bonds is 3. The van der Waals surface area contributed by atoms with Gasteiger partial charge in [-0.2, -0.15) is 5.26 Å². The number of benzene rings is 1. The number of hydrogen-bond donors (Lipinski definition) is 0. The highest BCUT2D eigenvalue weighted by Crippen LogP contribution is 2.45. The lowest BCUT2D eigenvalue weighted by molar-refractivity contribution is 0.347. The quantitative estimate of drug-likeness (QED) is 0.800. The van der Waals surface area contributed by atoms with E-state index in [2.05, 4.69) is 6.07 Å². The zero-order chi connectivity index (χ0) is 12.4. The number of nitrogens with zero attached hydrogens (tertiary/aromatic N) is 1. The third-order valence-corrected chi connectivity index (χ3v) is 2.86. The molecule has 1 aliphatic rings. The molecular formula is C13H13NO3. The summed E-state index contributed by atoms with van der Waals surface area (Å²) >= 11 is 0. The van der Waals surface area contributed by atoms with Gasteiger partial charge < -0.3 is 14.2 Å². The Morgan fingerprint density at radius 2 is 1.82 bits per heavy atom. The molecule has 1 aliphatic carbocycles. The highest BCUT2D eigenvalue weighted by molar-refractivity contribution is 5.88. The predicted octanol–water partition coefficient (Wildman–Crippen LogP) is 2.18. The Hall–Kier alpha value is -2.15. The molecule has 0 aliphatic heterocycles. The Morgan fingerprint density at radius 3 is 2.35 bits per heavy atom. The standard InChI is InChI=1S/C13H13NO3/c1-15-10-6-11(16-2)13(17-3)12-8(7-14)4-5-9(10)12/h4,6H,5H2,1-3H3. The molecule has 4 heteroatoms. The van der Waals surface area contributed by atoms with Crippen molar-refractivity contribution < 1.29 is 14.2 Å². The monoisotopic (exact) mass is 231 g/mol. The Labute approximate surface area is 100 Å². The van der Waals surface area contributed by atoms with Crippen LogP contribution in [0.3, 0.4) is 0 Å². The van der Waals surface area contributed by atoms with Crippen LogP contribution in [0.2, 0.25) is 0 Å². The molecule has 0 aromatic heterocycles. The van der Waals surface area contributed by atoms with E-state index in [4.69, 9.17) is 19.5 Å². The van der Waals surface area contributed by atoms with Gasteiger partial charge in [0.05, 0.1) is 33.0 Å². The van der Waals surface area contributed by atoms with Crippen LogP contribution in [-0.4, -0.2) is 21.3 Å². The smallest absolute Gasteiger partial charge is 0.169 e. The Bertz CT molecular complexity index is 526. The lowest BCUT2D eigenvalue weighted by Gasteiger charge is -2.15. The van der Waals surface area contributed by atoms with Crippen molar-refractivity contribution >= 4 is 5.57 Å². The van der Waals surface area contributed by atoms with Crippen LogP contribution in [0.5, 0.6) is 17.2 Å². The minimum absolute atomic E-state index is 0.575. The minimum atomic E-state index is 0.575. The van der Waals surface area contributed by atoms with Gasteiger partial charge in [0.1, 0.15) is 5.75 Å². The molecule has 0 saturated heterocycles. The second kappa shape index (κ2) is 4.38. The van der Waals surface area contributed by atoms with E-state index < -0.39 is 0 Å². The predicted molar refractivity (Wildman–Crippen MR) is 63.4 cm³/mol. The van der Waals surface area contributed by atoms with E-state index in [1.165, 1.54) is 0 Å². The largest absolute Gasteiger partial charge is 0.496 e. The fourth-order valence-electron chi connectivity index (χ4n) is 2.09. The van der Waals surface area contributed by atoms with E-state index in [1.54, 1.807) is 27.4 Å². The molecule has 0 spiro atoms. The van der Waals surface area contributed by atoms with Gasteiger partial charge in [0.25, 0.3) is 0 Å². The third kappa shape index (κ3) is 1.60. The molecule has 0 N–H and O–H groups in total. The van der Waals surface area contributed by atoms with Crippen molar-refractivity contribution in [2.75, 3.05) is 21.3 Å². The summed E-state index contributed by atoms with van der Waals surface area (Å²) in [5.41, 5.74) is 2.36.